The second kappa shape index (κ2) is 6.15. The fourth-order valence-electron chi connectivity index (χ4n) is 2.65. The van der Waals surface area contributed by atoms with Gasteiger partial charge < -0.3 is 9.64 Å². The number of amides is 1. The SMILES string of the molecule is COCCN1CC(Cc2ccc(C)nc2C)CC1=O. The van der Waals surface area contributed by atoms with Crippen LogP contribution in [-0.2, 0) is 16.0 Å². The Labute approximate surface area is 114 Å². The van der Waals surface area contributed by atoms with Gasteiger partial charge in [-0.25, -0.2) is 0 Å². The molecule has 2 rings (SSSR count). The molecule has 104 valence electrons. The third-order valence-corrected chi connectivity index (χ3v) is 3.70. The van der Waals surface area contributed by atoms with Crippen LogP contribution in [0.25, 0.3) is 0 Å². The second-order valence-corrected chi connectivity index (χ2v) is 5.30. The fraction of sp³-hybridized carbons (Fsp3) is 0.600. The minimum atomic E-state index is 0.250. The van der Waals surface area contributed by atoms with Crippen LogP contribution in [0.3, 0.4) is 0 Å². The van der Waals surface area contributed by atoms with Gasteiger partial charge in [0, 0.05) is 38.0 Å². The monoisotopic (exact) mass is 262 g/mol. The van der Waals surface area contributed by atoms with E-state index in [1.54, 1.807) is 7.11 Å². The van der Waals surface area contributed by atoms with Crippen LogP contribution in [0.4, 0.5) is 0 Å². The number of hydrogen-bond donors (Lipinski definition) is 0. The maximum absolute atomic E-state index is 11.9. The molecule has 1 aromatic rings. The number of carbonyl (C=O) groups is 1. The van der Waals surface area contributed by atoms with Crippen LogP contribution in [0.1, 0.15) is 23.4 Å². The molecular formula is C15H22N2O2. The summed E-state index contributed by atoms with van der Waals surface area (Å²) in [4.78, 5) is 18.3. The molecule has 0 spiro atoms. The average molecular weight is 262 g/mol. The number of methoxy groups -OCH3 is 1. The van der Waals surface area contributed by atoms with Gasteiger partial charge in [-0.2, -0.15) is 0 Å². The van der Waals surface area contributed by atoms with Gasteiger partial charge in [-0.1, -0.05) is 6.07 Å². The zero-order valence-corrected chi connectivity index (χ0v) is 12.0. The van der Waals surface area contributed by atoms with Crippen molar-refractivity contribution >= 4 is 5.91 Å². The molecule has 2 heterocycles. The van der Waals surface area contributed by atoms with Gasteiger partial charge in [0.05, 0.1) is 6.61 Å². The van der Waals surface area contributed by atoms with Crippen molar-refractivity contribution in [2.75, 3.05) is 26.8 Å². The summed E-state index contributed by atoms with van der Waals surface area (Å²) in [6.45, 7) is 6.21. The average Bonchev–Trinajstić information content (AvgIpc) is 2.71. The van der Waals surface area contributed by atoms with E-state index in [2.05, 4.69) is 11.1 Å². The summed E-state index contributed by atoms with van der Waals surface area (Å²) in [7, 11) is 1.67. The van der Waals surface area contributed by atoms with Crippen molar-refractivity contribution in [2.45, 2.75) is 26.7 Å². The van der Waals surface area contributed by atoms with E-state index in [9.17, 15) is 4.79 Å². The van der Waals surface area contributed by atoms with E-state index in [4.69, 9.17) is 4.74 Å². The van der Waals surface area contributed by atoms with Gasteiger partial charge in [-0.05, 0) is 37.8 Å². The van der Waals surface area contributed by atoms with Crippen LogP contribution in [0.5, 0.6) is 0 Å². The summed E-state index contributed by atoms with van der Waals surface area (Å²) >= 11 is 0. The molecule has 1 atom stereocenters. The quantitative estimate of drug-likeness (QED) is 0.811. The summed E-state index contributed by atoms with van der Waals surface area (Å²) in [5.41, 5.74) is 3.39. The summed E-state index contributed by atoms with van der Waals surface area (Å²) in [6, 6.07) is 4.18. The van der Waals surface area contributed by atoms with Gasteiger partial charge in [0.2, 0.25) is 5.91 Å². The Hall–Kier alpha value is -1.42. The lowest BCUT2D eigenvalue weighted by Gasteiger charge is -2.16. The number of ether oxygens (including phenoxy) is 1. The lowest BCUT2D eigenvalue weighted by molar-refractivity contribution is -0.128. The first-order chi connectivity index (χ1) is 9.10. The molecule has 1 aromatic heterocycles. The third-order valence-electron chi connectivity index (χ3n) is 3.70. The van der Waals surface area contributed by atoms with Crippen molar-refractivity contribution in [1.29, 1.82) is 0 Å². The number of nitrogens with zero attached hydrogens (tertiary/aromatic N) is 2. The minimum absolute atomic E-state index is 0.250. The molecular weight excluding hydrogens is 240 g/mol. The van der Waals surface area contributed by atoms with E-state index < -0.39 is 0 Å². The largest absolute Gasteiger partial charge is 0.383 e. The molecule has 1 aliphatic heterocycles. The molecule has 1 amide bonds. The lowest BCUT2D eigenvalue weighted by atomic mass is 9.97. The minimum Gasteiger partial charge on any atom is -0.383 e. The van der Waals surface area contributed by atoms with Gasteiger partial charge in [-0.3, -0.25) is 9.78 Å². The van der Waals surface area contributed by atoms with E-state index in [0.717, 1.165) is 24.4 Å². The van der Waals surface area contributed by atoms with Gasteiger partial charge in [0.1, 0.15) is 0 Å². The molecule has 1 saturated heterocycles. The van der Waals surface area contributed by atoms with E-state index in [1.165, 1.54) is 5.56 Å². The van der Waals surface area contributed by atoms with Crippen LogP contribution in [-0.4, -0.2) is 42.6 Å². The van der Waals surface area contributed by atoms with Crippen LogP contribution < -0.4 is 0 Å². The van der Waals surface area contributed by atoms with Crippen LogP contribution in [0.2, 0.25) is 0 Å². The van der Waals surface area contributed by atoms with Crippen molar-refractivity contribution in [3.8, 4) is 0 Å². The Kier molecular flexibility index (Phi) is 4.53. The number of carbonyl (C=O) groups excluding carboxylic acids is 1. The maximum Gasteiger partial charge on any atom is 0.223 e. The summed E-state index contributed by atoms with van der Waals surface area (Å²) < 4.78 is 5.03. The van der Waals surface area contributed by atoms with E-state index in [0.29, 0.717) is 25.5 Å². The van der Waals surface area contributed by atoms with Gasteiger partial charge >= 0.3 is 0 Å². The van der Waals surface area contributed by atoms with Crippen LogP contribution in [0, 0.1) is 19.8 Å². The standard InChI is InChI=1S/C15H22N2O2/c1-11-4-5-14(12(2)16-11)8-13-9-15(18)17(10-13)6-7-19-3/h4-5,13H,6-10H2,1-3H3. The lowest BCUT2D eigenvalue weighted by Crippen LogP contribution is -2.28. The molecule has 4 nitrogen and oxygen atoms in total. The topological polar surface area (TPSA) is 42.4 Å². The Morgan fingerprint density at radius 2 is 2.21 bits per heavy atom. The molecule has 0 radical (unpaired) electrons. The van der Waals surface area contributed by atoms with Crippen LogP contribution >= 0.6 is 0 Å². The summed E-state index contributed by atoms with van der Waals surface area (Å²) in [5.74, 6) is 0.660. The number of aromatic nitrogens is 1. The number of hydrogen-bond acceptors (Lipinski definition) is 3. The normalized spacial score (nSPS) is 19.2. The smallest absolute Gasteiger partial charge is 0.223 e. The van der Waals surface area contributed by atoms with E-state index in [1.807, 2.05) is 24.8 Å². The molecule has 0 aliphatic carbocycles. The number of aryl methyl sites for hydroxylation is 2. The molecule has 1 unspecified atom stereocenters. The van der Waals surface area contributed by atoms with E-state index in [-0.39, 0.29) is 5.91 Å². The predicted molar refractivity (Wildman–Crippen MR) is 74.0 cm³/mol. The van der Waals surface area contributed by atoms with Gasteiger partial charge in [0.25, 0.3) is 0 Å². The predicted octanol–water partition coefficient (Wildman–Crippen LogP) is 1.74. The van der Waals surface area contributed by atoms with Crippen LogP contribution in [0.15, 0.2) is 12.1 Å². The summed E-state index contributed by atoms with van der Waals surface area (Å²) in [5, 5.41) is 0. The molecule has 1 fully saturated rings. The van der Waals surface area contributed by atoms with Crippen molar-refractivity contribution in [1.82, 2.24) is 9.88 Å². The number of likely N-dealkylation sites (tertiary alicyclic amines) is 1. The zero-order chi connectivity index (χ0) is 13.8. The first-order valence-electron chi connectivity index (χ1n) is 6.80. The highest BCUT2D eigenvalue weighted by atomic mass is 16.5. The molecule has 0 saturated carbocycles. The summed E-state index contributed by atoms with van der Waals surface area (Å²) in [6.07, 6.45) is 1.59. The Balaban J connectivity index is 1.95. The second-order valence-electron chi connectivity index (χ2n) is 5.30. The molecule has 0 aromatic carbocycles. The first kappa shape index (κ1) is 14.0. The maximum atomic E-state index is 11.9. The molecule has 0 N–H and O–H groups in total. The molecule has 4 heteroatoms. The fourth-order valence-corrected chi connectivity index (χ4v) is 2.65. The molecule has 1 aliphatic rings. The van der Waals surface area contributed by atoms with Gasteiger partial charge in [-0.15, -0.1) is 0 Å². The molecule has 0 bridgehead atoms. The zero-order valence-electron chi connectivity index (χ0n) is 12.0. The van der Waals surface area contributed by atoms with Crippen molar-refractivity contribution in [3.05, 3.63) is 29.1 Å². The Bertz CT molecular complexity index is 459. The van der Waals surface area contributed by atoms with E-state index >= 15 is 0 Å². The number of rotatable bonds is 5. The Morgan fingerprint density at radius 3 is 2.89 bits per heavy atom. The first-order valence-corrected chi connectivity index (χ1v) is 6.80. The van der Waals surface area contributed by atoms with Crippen molar-refractivity contribution < 1.29 is 9.53 Å². The highest BCUT2D eigenvalue weighted by Crippen LogP contribution is 2.23. The Morgan fingerprint density at radius 1 is 1.42 bits per heavy atom. The highest BCUT2D eigenvalue weighted by Gasteiger charge is 2.29. The third kappa shape index (κ3) is 3.53. The highest BCUT2D eigenvalue weighted by molar-refractivity contribution is 5.78. The van der Waals surface area contributed by atoms with Crippen molar-refractivity contribution in [2.24, 2.45) is 5.92 Å². The van der Waals surface area contributed by atoms with Gasteiger partial charge in [0.15, 0.2) is 0 Å². The number of pyridine rings is 1. The van der Waals surface area contributed by atoms with Crippen molar-refractivity contribution in [3.63, 3.8) is 0 Å². The molecule has 19 heavy (non-hydrogen) atoms.